The van der Waals surface area contributed by atoms with Crippen LogP contribution in [-0.2, 0) is 16.4 Å². The standard InChI is InChI=1S/C27H29FN2O4S/c1-18-25-11-9-23(34-14-13-33-22-7-5-21(28)6-8-22)16-20(25)15-19-4-10-26(18)27(19)30-35(31,32)24-3-2-12-29-17-24/h2-3,5-9,11-12,16-19,26-27,30H,4,10,13-15H2,1H3/t18-,19?,26?,27?/m0/s1. The van der Waals surface area contributed by atoms with E-state index in [0.717, 1.165) is 25.0 Å². The zero-order valence-electron chi connectivity index (χ0n) is 19.6. The highest BCUT2D eigenvalue weighted by molar-refractivity contribution is 7.89. The van der Waals surface area contributed by atoms with Crippen molar-refractivity contribution in [3.8, 4) is 11.5 Å². The number of fused-ring (bicyclic) bond motifs is 3. The van der Waals surface area contributed by atoms with E-state index in [1.165, 1.54) is 29.5 Å². The number of benzene rings is 2. The maximum atomic E-state index is 13.0. The third kappa shape index (κ3) is 5.18. The van der Waals surface area contributed by atoms with Gasteiger partial charge in [0.25, 0.3) is 0 Å². The summed E-state index contributed by atoms with van der Waals surface area (Å²) >= 11 is 0. The molecular formula is C27H29FN2O4S. The van der Waals surface area contributed by atoms with Crippen LogP contribution < -0.4 is 14.2 Å². The molecule has 4 atom stereocenters. The van der Waals surface area contributed by atoms with Gasteiger partial charge in [0.1, 0.15) is 35.4 Å². The van der Waals surface area contributed by atoms with Gasteiger partial charge in [0.2, 0.25) is 10.0 Å². The molecule has 184 valence electrons. The molecule has 2 aliphatic rings. The molecule has 1 N–H and O–H groups in total. The molecule has 35 heavy (non-hydrogen) atoms. The molecule has 0 radical (unpaired) electrons. The van der Waals surface area contributed by atoms with E-state index < -0.39 is 10.0 Å². The minimum absolute atomic E-state index is 0.115. The van der Waals surface area contributed by atoms with Crippen molar-refractivity contribution in [1.29, 1.82) is 0 Å². The second-order valence-electron chi connectivity index (χ2n) is 9.34. The second-order valence-corrected chi connectivity index (χ2v) is 11.1. The molecule has 6 nitrogen and oxygen atoms in total. The Morgan fingerprint density at radius 3 is 2.51 bits per heavy atom. The fourth-order valence-electron chi connectivity index (χ4n) is 5.50. The minimum atomic E-state index is -3.63. The highest BCUT2D eigenvalue weighted by atomic mass is 32.2. The van der Waals surface area contributed by atoms with Gasteiger partial charge in [-0.2, -0.15) is 0 Å². The number of nitrogens with zero attached hydrogens (tertiary/aromatic N) is 1. The summed E-state index contributed by atoms with van der Waals surface area (Å²) in [5.74, 6) is 1.77. The first-order chi connectivity index (χ1) is 16.9. The molecule has 1 fully saturated rings. The molecule has 2 bridgehead atoms. The lowest BCUT2D eigenvalue weighted by atomic mass is 9.84. The van der Waals surface area contributed by atoms with Gasteiger partial charge >= 0.3 is 0 Å². The van der Waals surface area contributed by atoms with Crippen LogP contribution in [0, 0.1) is 17.7 Å². The number of pyridine rings is 1. The number of ether oxygens (including phenoxy) is 2. The number of aromatic nitrogens is 1. The van der Waals surface area contributed by atoms with E-state index in [1.807, 2.05) is 6.07 Å². The lowest BCUT2D eigenvalue weighted by Gasteiger charge is -2.27. The average molecular weight is 497 g/mol. The molecule has 0 amide bonds. The Kier molecular flexibility index (Phi) is 6.75. The van der Waals surface area contributed by atoms with Crippen molar-refractivity contribution in [2.45, 2.75) is 43.0 Å². The number of hydrogen-bond acceptors (Lipinski definition) is 5. The Labute approximate surface area is 205 Å². The highest BCUT2D eigenvalue weighted by Gasteiger charge is 2.44. The van der Waals surface area contributed by atoms with Crippen LogP contribution in [0.25, 0.3) is 0 Å². The summed E-state index contributed by atoms with van der Waals surface area (Å²) in [6, 6.07) is 15.2. The quantitative estimate of drug-likeness (QED) is 0.457. The first-order valence-electron chi connectivity index (χ1n) is 12.0. The fourth-order valence-corrected chi connectivity index (χ4v) is 6.82. The molecule has 8 heteroatoms. The van der Waals surface area contributed by atoms with Crippen LogP contribution in [0.4, 0.5) is 4.39 Å². The predicted octanol–water partition coefficient (Wildman–Crippen LogP) is 4.71. The first kappa shape index (κ1) is 23.8. The third-order valence-electron chi connectivity index (χ3n) is 7.24. The van der Waals surface area contributed by atoms with E-state index in [2.05, 4.69) is 28.8 Å². The molecular weight excluding hydrogens is 467 g/mol. The van der Waals surface area contributed by atoms with Crippen molar-refractivity contribution in [2.24, 2.45) is 11.8 Å². The third-order valence-corrected chi connectivity index (χ3v) is 8.68. The van der Waals surface area contributed by atoms with Crippen molar-refractivity contribution < 1.29 is 22.3 Å². The van der Waals surface area contributed by atoms with Crippen LogP contribution in [0.3, 0.4) is 0 Å². The maximum absolute atomic E-state index is 13.0. The molecule has 2 aliphatic carbocycles. The Morgan fingerprint density at radius 2 is 1.77 bits per heavy atom. The van der Waals surface area contributed by atoms with E-state index in [4.69, 9.17) is 9.47 Å². The lowest BCUT2D eigenvalue weighted by Crippen LogP contribution is -2.42. The number of hydrogen-bond donors (Lipinski definition) is 1. The highest BCUT2D eigenvalue weighted by Crippen LogP contribution is 2.47. The summed E-state index contributed by atoms with van der Waals surface area (Å²) in [5.41, 5.74) is 2.48. The van der Waals surface area contributed by atoms with Crippen LogP contribution in [0.15, 0.2) is 71.9 Å². The number of nitrogens with one attached hydrogen (secondary N) is 1. The molecule has 0 spiro atoms. The van der Waals surface area contributed by atoms with E-state index in [1.54, 1.807) is 30.5 Å². The van der Waals surface area contributed by atoms with Crippen molar-refractivity contribution >= 4 is 10.0 Å². The summed E-state index contributed by atoms with van der Waals surface area (Å²) in [4.78, 5) is 4.17. The minimum Gasteiger partial charge on any atom is -0.490 e. The van der Waals surface area contributed by atoms with Gasteiger partial charge in [-0.15, -0.1) is 0 Å². The summed E-state index contributed by atoms with van der Waals surface area (Å²) in [6.45, 7) is 2.91. The SMILES string of the molecule is C[C@H]1c2ccc(OCCOc3ccc(F)cc3)cc2CC2CCC1C2NS(=O)(=O)c1cccnc1. The predicted molar refractivity (Wildman–Crippen MR) is 131 cm³/mol. The first-order valence-corrected chi connectivity index (χ1v) is 13.5. The molecule has 1 saturated carbocycles. The number of rotatable bonds is 8. The summed E-state index contributed by atoms with van der Waals surface area (Å²) in [5, 5.41) is 0. The fraction of sp³-hybridized carbons (Fsp3) is 0.370. The Balaban J connectivity index is 1.26. The summed E-state index contributed by atoms with van der Waals surface area (Å²) < 4.78 is 53.6. The van der Waals surface area contributed by atoms with Crippen molar-refractivity contribution in [3.05, 3.63) is 83.9 Å². The number of halogens is 1. The Morgan fingerprint density at radius 1 is 1.03 bits per heavy atom. The van der Waals surface area contributed by atoms with E-state index in [0.29, 0.717) is 19.0 Å². The van der Waals surface area contributed by atoms with Crippen LogP contribution in [0.1, 0.15) is 36.8 Å². The number of sulfonamides is 1. The molecule has 1 aromatic heterocycles. The zero-order chi connectivity index (χ0) is 24.4. The van der Waals surface area contributed by atoms with E-state index in [9.17, 15) is 12.8 Å². The smallest absolute Gasteiger partial charge is 0.242 e. The zero-order valence-corrected chi connectivity index (χ0v) is 20.4. The molecule has 3 aromatic rings. The van der Waals surface area contributed by atoms with Crippen LogP contribution in [-0.4, -0.2) is 32.7 Å². The average Bonchev–Trinajstić information content (AvgIpc) is 3.19. The van der Waals surface area contributed by atoms with E-state index >= 15 is 0 Å². The monoisotopic (exact) mass is 496 g/mol. The molecule has 5 rings (SSSR count). The van der Waals surface area contributed by atoms with Crippen molar-refractivity contribution in [3.63, 3.8) is 0 Å². The Bertz CT molecular complexity index is 1270. The van der Waals surface area contributed by atoms with Crippen LogP contribution >= 0.6 is 0 Å². The maximum Gasteiger partial charge on any atom is 0.242 e. The summed E-state index contributed by atoms with van der Waals surface area (Å²) in [7, 11) is -3.63. The van der Waals surface area contributed by atoms with Gasteiger partial charge in [0.05, 0.1) is 0 Å². The topological polar surface area (TPSA) is 77.5 Å². The molecule has 2 aromatic carbocycles. The van der Waals surface area contributed by atoms with Gasteiger partial charge in [0.15, 0.2) is 0 Å². The van der Waals surface area contributed by atoms with Gasteiger partial charge < -0.3 is 9.47 Å². The van der Waals surface area contributed by atoms with Gasteiger partial charge in [-0.25, -0.2) is 17.5 Å². The van der Waals surface area contributed by atoms with Gasteiger partial charge in [-0.1, -0.05) is 13.0 Å². The molecule has 0 saturated heterocycles. The summed E-state index contributed by atoms with van der Waals surface area (Å²) in [6.07, 6.45) is 5.76. The Hall–Kier alpha value is -2.97. The van der Waals surface area contributed by atoms with Gasteiger partial charge in [0, 0.05) is 18.4 Å². The van der Waals surface area contributed by atoms with Gasteiger partial charge in [-0.3, -0.25) is 4.98 Å². The van der Waals surface area contributed by atoms with E-state index in [-0.39, 0.29) is 34.5 Å². The van der Waals surface area contributed by atoms with Crippen LogP contribution in [0.5, 0.6) is 11.5 Å². The molecule has 3 unspecified atom stereocenters. The van der Waals surface area contributed by atoms with Crippen molar-refractivity contribution in [1.82, 2.24) is 9.71 Å². The largest absolute Gasteiger partial charge is 0.490 e. The lowest BCUT2D eigenvalue weighted by molar-refractivity contribution is 0.217. The normalized spacial score (nSPS) is 23.4. The van der Waals surface area contributed by atoms with Crippen LogP contribution in [0.2, 0.25) is 0 Å². The molecule has 0 aliphatic heterocycles. The second kappa shape index (κ2) is 9.95. The van der Waals surface area contributed by atoms with Gasteiger partial charge in [-0.05, 0) is 96.7 Å². The molecule has 1 heterocycles. The van der Waals surface area contributed by atoms with Crippen molar-refractivity contribution in [2.75, 3.05) is 13.2 Å².